The molecule has 1 aromatic heterocycles. The zero-order chi connectivity index (χ0) is 23.9. The smallest absolute Gasteiger partial charge is 0.161 e. The molecule has 6 heteroatoms. The second-order valence-corrected chi connectivity index (χ2v) is 8.88. The molecule has 0 bridgehead atoms. The van der Waals surface area contributed by atoms with Gasteiger partial charge in [-0.3, -0.25) is 4.90 Å². The highest BCUT2D eigenvalue weighted by molar-refractivity contribution is 5.61. The number of halogens is 1. The van der Waals surface area contributed by atoms with Crippen LogP contribution in [0.2, 0.25) is 0 Å². The average molecular weight is 461 g/mol. The van der Waals surface area contributed by atoms with E-state index in [0.29, 0.717) is 24.4 Å². The maximum absolute atomic E-state index is 14.5. The number of benzene rings is 2. The minimum atomic E-state index is -0.341. The number of nitrogens with zero attached hydrogens (tertiary/aromatic N) is 4. The zero-order valence-electron chi connectivity index (χ0n) is 19.8. The van der Waals surface area contributed by atoms with Crippen molar-refractivity contribution < 1.29 is 9.50 Å². The Morgan fingerprint density at radius 1 is 1.03 bits per heavy atom. The summed E-state index contributed by atoms with van der Waals surface area (Å²) in [5.41, 5.74) is 3.44. The van der Waals surface area contributed by atoms with Crippen molar-refractivity contribution in [1.82, 2.24) is 14.9 Å². The van der Waals surface area contributed by atoms with Gasteiger partial charge in [0.1, 0.15) is 11.6 Å². The van der Waals surface area contributed by atoms with Gasteiger partial charge >= 0.3 is 0 Å². The van der Waals surface area contributed by atoms with Crippen LogP contribution in [0.4, 0.5) is 10.2 Å². The summed E-state index contributed by atoms with van der Waals surface area (Å²) < 4.78 is 14.5. The first kappa shape index (κ1) is 24.0. The van der Waals surface area contributed by atoms with Crippen LogP contribution < -0.4 is 4.90 Å². The lowest BCUT2D eigenvalue weighted by molar-refractivity contribution is 0.103. The number of aliphatic hydroxyl groups excluding tert-OH is 1. The number of anilines is 1. The minimum Gasteiger partial charge on any atom is -0.392 e. The number of hydrogen-bond acceptors (Lipinski definition) is 5. The van der Waals surface area contributed by atoms with Crippen LogP contribution in [0.25, 0.3) is 11.4 Å². The normalized spacial score (nSPS) is 15.3. The van der Waals surface area contributed by atoms with Crippen LogP contribution in [0.15, 0.2) is 67.3 Å². The van der Waals surface area contributed by atoms with Gasteiger partial charge in [0.05, 0.1) is 6.10 Å². The average Bonchev–Trinajstić information content (AvgIpc) is 2.86. The summed E-state index contributed by atoms with van der Waals surface area (Å²) in [6, 6.07) is 16.9. The van der Waals surface area contributed by atoms with Crippen molar-refractivity contribution in [2.45, 2.75) is 32.3 Å². The highest BCUT2D eigenvalue weighted by atomic mass is 19.1. The van der Waals surface area contributed by atoms with Crippen molar-refractivity contribution >= 4 is 5.82 Å². The van der Waals surface area contributed by atoms with Gasteiger partial charge in [0.2, 0.25) is 0 Å². The molecule has 0 radical (unpaired) electrons. The molecule has 1 aliphatic rings. The first-order valence-electron chi connectivity index (χ1n) is 12.0. The first-order chi connectivity index (χ1) is 16.5. The summed E-state index contributed by atoms with van der Waals surface area (Å²) in [5, 5.41) is 10.3. The number of β-amino-alcohol motifs (C(OH)–C–C–N with tert-alkyl or cyclic N) is 1. The number of aryl methyl sites for hydroxylation is 1. The fraction of sp³-hybridized carbons (Fsp3) is 0.357. The van der Waals surface area contributed by atoms with Crippen molar-refractivity contribution in [3.05, 3.63) is 89.9 Å². The summed E-state index contributed by atoms with van der Waals surface area (Å²) >= 11 is 0. The van der Waals surface area contributed by atoms with Gasteiger partial charge in [0.25, 0.3) is 0 Å². The van der Waals surface area contributed by atoms with Gasteiger partial charge < -0.3 is 10.0 Å². The van der Waals surface area contributed by atoms with E-state index in [-0.39, 0.29) is 11.9 Å². The van der Waals surface area contributed by atoms with Crippen LogP contribution >= 0.6 is 0 Å². The number of piperazine rings is 1. The number of aromatic nitrogens is 2. The monoisotopic (exact) mass is 460 g/mol. The fourth-order valence-corrected chi connectivity index (χ4v) is 4.44. The maximum atomic E-state index is 14.5. The largest absolute Gasteiger partial charge is 0.392 e. The lowest BCUT2D eigenvalue weighted by atomic mass is 10.0. The molecule has 0 saturated carbocycles. The van der Waals surface area contributed by atoms with Gasteiger partial charge in [-0.25, -0.2) is 14.4 Å². The van der Waals surface area contributed by atoms with Crippen molar-refractivity contribution in [3.8, 4) is 11.4 Å². The molecule has 2 heterocycles. The van der Waals surface area contributed by atoms with E-state index in [1.165, 1.54) is 6.07 Å². The molecule has 5 nitrogen and oxygen atoms in total. The molecule has 1 aliphatic heterocycles. The number of aliphatic hydroxyl groups is 1. The van der Waals surface area contributed by atoms with E-state index in [1.807, 2.05) is 55.5 Å². The molecule has 0 spiro atoms. The van der Waals surface area contributed by atoms with Gasteiger partial charge in [-0.05, 0) is 31.4 Å². The molecular formula is C28H33FN4O. The lowest BCUT2D eigenvalue weighted by Gasteiger charge is -2.37. The Balaban J connectivity index is 1.60. The molecule has 1 N–H and O–H groups in total. The molecule has 2 aromatic carbocycles. The Kier molecular flexibility index (Phi) is 8.03. The summed E-state index contributed by atoms with van der Waals surface area (Å²) in [6.07, 6.45) is 3.52. The van der Waals surface area contributed by atoms with Crippen molar-refractivity contribution in [2.24, 2.45) is 0 Å². The van der Waals surface area contributed by atoms with E-state index in [0.717, 1.165) is 61.7 Å². The molecule has 178 valence electrons. The number of allylic oxidation sites excluding steroid dienone is 1. The molecule has 0 unspecified atom stereocenters. The van der Waals surface area contributed by atoms with Gasteiger partial charge in [-0.2, -0.15) is 0 Å². The minimum absolute atomic E-state index is 0.210. The van der Waals surface area contributed by atoms with Gasteiger partial charge in [0, 0.05) is 56.0 Å². The van der Waals surface area contributed by atoms with E-state index < -0.39 is 0 Å². The highest BCUT2D eigenvalue weighted by Gasteiger charge is 2.24. The van der Waals surface area contributed by atoms with Crippen molar-refractivity contribution in [3.63, 3.8) is 0 Å². The van der Waals surface area contributed by atoms with Gasteiger partial charge in [-0.1, -0.05) is 54.6 Å². The van der Waals surface area contributed by atoms with Crippen molar-refractivity contribution in [2.75, 3.05) is 37.6 Å². The predicted octanol–water partition coefficient (Wildman–Crippen LogP) is 4.63. The molecular weight excluding hydrogens is 427 g/mol. The van der Waals surface area contributed by atoms with Crippen LogP contribution in [0.5, 0.6) is 0 Å². The predicted molar refractivity (Wildman–Crippen MR) is 136 cm³/mol. The van der Waals surface area contributed by atoms with E-state index in [2.05, 4.69) is 16.4 Å². The number of hydrogen-bond donors (Lipinski definition) is 1. The molecule has 1 atom stereocenters. The Morgan fingerprint density at radius 3 is 2.44 bits per heavy atom. The van der Waals surface area contributed by atoms with Crippen LogP contribution in [-0.4, -0.2) is 58.8 Å². The standard InChI is InChI=1S/C28H33FN4O/c1-3-4-13-24(34)20-32-15-17-33(18-16-32)28-25(19-23-12-8-9-14-26(23)29)21(2)30-27(31-28)22-10-6-5-7-11-22/h3,5-12,14,24,34H,1,4,13,15-20H2,2H3/t24-/m1/s1. The zero-order valence-corrected chi connectivity index (χ0v) is 19.8. The van der Waals surface area contributed by atoms with E-state index in [4.69, 9.17) is 9.97 Å². The Morgan fingerprint density at radius 2 is 1.74 bits per heavy atom. The van der Waals surface area contributed by atoms with Gasteiger partial charge in [-0.15, -0.1) is 6.58 Å². The fourth-order valence-electron chi connectivity index (χ4n) is 4.44. The molecule has 4 rings (SSSR count). The third-order valence-electron chi connectivity index (χ3n) is 6.39. The second-order valence-electron chi connectivity index (χ2n) is 8.88. The van der Waals surface area contributed by atoms with Crippen LogP contribution in [0, 0.1) is 12.7 Å². The summed E-state index contributed by atoms with van der Waals surface area (Å²) in [4.78, 5) is 14.4. The molecule has 0 aliphatic carbocycles. The molecule has 3 aromatic rings. The van der Waals surface area contributed by atoms with Crippen LogP contribution in [-0.2, 0) is 6.42 Å². The Labute approximate surface area is 201 Å². The third-order valence-corrected chi connectivity index (χ3v) is 6.39. The molecule has 0 amide bonds. The summed E-state index contributed by atoms with van der Waals surface area (Å²) in [5.74, 6) is 1.35. The second kappa shape index (κ2) is 11.4. The molecule has 34 heavy (non-hydrogen) atoms. The maximum Gasteiger partial charge on any atom is 0.161 e. The van der Waals surface area contributed by atoms with Crippen LogP contribution in [0.1, 0.15) is 29.7 Å². The summed E-state index contributed by atoms with van der Waals surface area (Å²) in [7, 11) is 0. The van der Waals surface area contributed by atoms with Gasteiger partial charge in [0.15, 0.2) is 5.82 Å². The molecule has 1 saturated heterocycles. The Bertz CT molecular complexity index is 1100. The van der Waals surface area contributed by atoms with E-state index in [1.54, 1.807) is 6.07 Å². The van der Waals surface area contributed by atoms with E-state index in [9.17, 15) is 9.50 Å². The quantitative estimate of drug-likeness (QED) is 0.472. The number of rotatable bonds is 9. The first-order valence-corrected chi connectivity index (χ1v) is 12.0. The Hall–Kier alpha value is -3.09. The van der Waals surface area contributed by atoms with E-state index >= 15 is 0 Å². The third kappa shape index (κ3) is 5.88. The summed E-state index contributed by atoms with van der Waals surface area (Å²) in [6.45, 7) is 9.66. The van der Waals surface area contributed by atoms with Crippen LogP contribution in [0.3, 0.4) is 0 Å². The lowest BCUT2D eigenvalue weighted by Crippen LogP contribution is -2.49. The van der Waals surface area contributed by atoms with Crippen molar-refractivity contribution in [1.29, 1.82) is 0 Å². The highest BCUT2D eigenvalue weighted by Crippen LogP contribution is 2.29. The topological polar surface area (TPSA) is 52.5 Å². The SMILES string of the molecule is C=CCC[C@@H](O)CN1CCN(c2nc(-c3ccccc3)nc(C)c2Cc2ccccc2F)CC1. The molecule has 1 fully saturated rings.